The van der Waals surface area contributed by atoms with Gasteiger partial charge in [0.15, 0.2) is 0 Å². The Balaban J connectivity index is 1.36. The van der Waals surface area contributed by atoms with Gasteiger partial charge in [0, 0.05) is 10.8 Å². The van der Waals surface area contributed by atoms with E-state index in [1.165, 1.54) is 45.5 Å². The van der Waals surface area contributed by atoms with Gasteiger partial charge in [-0.2, -0.15) is 0 Å². The molecule has 0 aliphatic heterocycles. The molecule has 2 heterocycles. The molecule has 0 saturated carbocycles. The Bertz CT molecular complexity index is 2870. The van der Waals surface area contributed by atoms with Crippen LogP contribution in [0.3, 0.4) is 0 Å². The first-order chi connectivity index (χ1) is 28.1. The van der Waals surface area contributed by atoms with E-state index in [0.29, 0.717) is 22.3 Å². The summed E-state index contributed by atoms with van der Waals surface area (Å²) in [6, 6.07) is 34.8. The second-order valence-electron chi connectivity index (χ2n) is 20.4. The van der Waals surface area contributed by atoms with E-state index in [4.69, 9.17) is 9.40 Å². The largest absolute Gasteiger partial charge is 0.455 e. The van der Waals surface area contributed by atoms with Gasteiger partial charge >= 0.3 is 0 Å². The number of halogens is 2. The third kappa shape index (κ3) is 7.24. The fourth-order valence-corrected chi connectivity index (χ4v) is 8.49. The molecule has 5 heteroatoms. The molecule has 0 spiro atoms. The molecule has 308 valence electrons. The lowest BCUT2D eigenvalue weighted by Crippen LogP contribution is -2.16. The van der Waals surface area contributed by atoms with Crippen molar-refractivity contribution in [2.45, 2.75) is 118 Å². The highest BCUT2D eigenvalue weighted by molar-refractivity contribution is 6.10. The number of para-hydroxylation sites is 3. The number of aromatic nitrogens is 2. The predicted molar refractivity (Wildman–Crippen MR) is 249 cm³/mol. The summed E-state index contributed by atoms with van der Waals surface area (Å²) in [5, 5.41) is 1.78. The predicted octanol–water partition coefficient (Wildman–Crippen LogP) is 16.3. The number of furan rings is 1. The van der Waals surface area contributed by atoms with Crippen LogP contribution in [-0.4, -0.2) is 9.55 Å². The van der Waals surface area contributed by atoms with Crippen LogP contribution in [0.4, 0.5) is 8.78 Å². The topological polar surface area (TPSA) is 31.0 Å². The third-order valence-electron chi connectivity index (χ3n) is 12.1. The van der Waals surface area contributed by atoms with Crippen LogP contribution in [0.1, 0.15) is 130 Å². The highest BCUT2D eigenvalue weighted by atomic mass is 19.1. The molecule has 0 fully saturated rings. The van der Waals surface area contributed by atoms with Crippen molar-refractivity contribution in [1.82, 2.24) is 9.55 Å². The molecule has 60 heavy (non-hydrogen) atoms. The smallest absolute Gasteiger partial charge is 0.149 e. The highest BCUT2D eigenvalue weighted by Gasteiger charge is 2.28. The van der Waals surface area contributed by atoms with Gasteiger partial charge in [0.2, 0.25) is 0 Å². The van der Waals surface area contributed by atoms with E-state index in [1.54, 1.807) is 12.1 Å². The Morgan fingerprint density at radius 1 is 0.550 bits per heavy atom. The molecule has 0 amide bonds. The lowest BCUT2D eigenvalue weighted by Gasteiger charge is -2.28. The molecule has 8 rings (SSSR count). The van der Waals surface area contributed by atoms with Crippen LogP contribution < -0.4 is 0 Å². The quantitative estimate of drug-likeness (QED) is 0.168. The second-order valence-corrected chi connectivity index (χ2v) is 20.4. The molecule has 0 unspecified atom stereocenters. The zero-order valence-electron chi connectivity index (χ0n) is 37.5. The molecule has 0 atom stereocenters. The Morgan fingerprint density at radius 3 is 1.67 bits per heavy atom. The summed E-state index contributed by atoms with van der Waals surface area (Å²) in [5.41, 5.74) is 13.2. The van der Waals surface area contributed by atoms with Crippen LogP contribution in [0.15, 0.2) is 108 Å². The van der Waals surface area contributed by atoms with Crippen molar-refractivity contribution < 1.29 is 13.2 Å². The first kappa shape index (κ1) is 41.2. The van der Waals surface area contributed by atoms with Crippen molar-refractivity contribution in [2.24, 2.45) is 0 Å². The van der Waals surface area contributed by atoms with Crippen LogP contribution in [-0.2, 0) is 16.2 Å². The minimum absolute atomic E-state index is 0.00828. The average Bonchev–Trinajstić information content (AvgIpc) is 3.74. The van der Waals surface area contributed by atoms with Gasteiger partial charge in [-0.3, -0.25) is 4.57 Å². The van der Waals surface area contributed by atoms with Crippen LogP contribution in [0, 0.1) is 11.6 Å². The third-order valence-corrected chi connectivity index (χ3v) is 12.1. The molecule has 3 nitrogen and oxygen atoms in total. The van der Waals surface area contributed by atoms with Gasteiger partial charge in [-0.25, -0.2) is 13.8 Å². The monoisotopic (exact) mass is 800 g/mol. The van der Waals surface area contributed by atoms with Crippen LogP contribution in [0.25, 0.3) is 72.3 Å². The number of fused-ring (bicyclic) bond motifs is 4. The van der Waals surface area contributed by atoms with E-state index in [-0.39, 0.29) is 28.2 Å². The van der Waals surface area contributed by atoms with Gasteiger partial charge in [-0.05, 0) is 127 Å². The molecule has 0 saturated heterocycles. The van der Waals surface area contributed by atoms with Crippen molar-refractivity contribution >= 4 is 33.0 Å². The summed E-state index contributed by atoms with van der Waals surface area (Å²) in [6.07, 6.45) is 0. The number of rotatable bonds is 6. The van der Waals surface area contributed by atoms with Crippen molar-refractivity contribution in [3.05, 3.63) is 143 Å². The fraction of sp³-hybridized carbons (Fsp3) is 0.327. The van der Waals surface area contributed by atoms with E-state index in [0.717, 1.165) is 38.9 Å². The van der Waals surface area contributed by atoms with Crippen molar-refractivity contribution in [2.75, 3.05) is 0 Å². The number of imidazole rings is 1. The van der Waals surface area contributed by atoms with Crippen molar-refractivity contribution in [3.8, 4) is 39.3 Å². The molecule has 6 aromatic carbocycles. The average molecular weight is 801 g/mol. The van der Waals surface area contributed by atoms with Gasteiger partial charge in [0.25, 0.3) is 0 Å². The van der Waals surface area contributed by atoms with Crippen LogP contribution >= 0.6 is 0 Å². The standard InChI is InChI=1S/C55H58F2N2O/c1-31(2)42-25-35(34-23-36(53(5,6)7)28-37(24-34)54(8,9)10)26-43(32(3)4)50(42)59-47-20-15-14-19-46(47)58-52(59)41-18-16-17-40-39-22-21-33(27-48(39)60-51(40)41)49-44(56)29-38(30-45(49)57)55(11,12)13/h14-32H,1-13H3. The maximum Gasteiger partial charge on any atom is 0.149 e. The first-order valence-electron chi connectivity index (χ1n) is 21.4. The van der Waals surface area contributed by atoms with E-state index in [1.807, 2.05) is 45.0 Å². The Kier molecular flexibility index (Phi) is 10.0. The summed E-state index contributed by atoms with van der Waals surface area (Å²) >= 11 is 0. The van der Waals surface area contributed by atoms with Gasteiger partial charge in [-0.1, -0.05) is 139 Å². The lowest BCUT2D eigenvalue weighted by molar-refractivity contribution is 0.548. The van der Waals surface area contributed by atoms with E-state index >= 15 is 8.78 Å². The van der Waals surface area contributed by atoms with Gasteiger partial charge in [0.1, 0.15) is 28.6 Å². The number of benzene rings is 6. The summed E-state index contributed by atoms with van der Waals surface area (Å²) in [5.74, 6) is -0.0168. The maximum absolute atomic E-state index is 15.7. The Labute approximate surface area is 354 Å². The van der Waals surface area contributed by atoms with E-state index in [2.05, 4.69) is 128 Å². The SMILES string of the molecule is CC(C)c1cc(-c2cc(C(C)(C)C)cc(C(C)(C)C)c2)cc(C(C)C)c1-n1c(-c2cccc3c2oc2cc(-c4c(F)cc(C(C)(C)C)cc4F)ccc23)nc2ccccc21. The van der Waals surface area contributed by atoms with Crippen molar-refractivity contribution in [3.63, 3.8) is 0 Å². The van der Waals surface area contributed by atoms with E-state index < -0.39 is 17.0 Å². The summed E-state index contributed by atoms with van der Waals surface area (Å²) in [4.78, 5) is 5.36. The van der Waals surface area contributed by atoms with Gasteiger partial charge in [-0.15, -0.1) is 0 Å². The summed E-state index contributed by atoms with van der Waals surface area (Å²) in [7, 11) is 0. The van der Waals surface area contributed by atoms with E-state index in [9.17, 15) is 0 Å². The zero-order valence-corrected chi connectivity index (χ0v) is 37.5. The lowest BCUT2D eigenvalue weighted by atomic mass is 9.78. The zero-order chi connectivity index (χ0) is 43.2. The number of nitrogens with zero attached hydrogens (tertiary/aromatic N) is 2. The number of hydrogen-bond donors (Lipinski definition) is 0. The van der Waals surface area contributed by atoms with Crippen LogP contribution in [0.5, 0.6) is 0 Å². The molecule has 2 aromatic heterocycles. The summed E-state index contributed by atoms with van der Waals surface area (Å²) < 4.78 is 40.4. The van der Waals surface area contributed by atoms with Crippen molar-refractivity contribution in [1.29, 1.82) is 0 Å². The van der Waals surface area contributed by atoms with Gasteiger partial charge < -0.3 is 4.42 Å². The highest BCUT2D eigenvalue weighted by Crippen LogP contribution is 2.44. The minimum Gasteiger partial charge on any atom is -0.455 e. The second kappa shape index (κ2) is 14.6. The molecule has 0 bridgehead atoms. The molecular formula is C55H58F2N2O. The molecule has 0 aliphatic carbocycles. The summed E-state index contributed by atoms with van der Waals surface area (Å²) in [6.45, 7) is 28.7. The molecule has 8 aromatic rings. The van der Waals surface area contributed by atoms with Crippen LogP contribution in [0.2, 0.25) is 0 Å². The minimum atomic E-state index is -0.589. The number of hydrogen-bond acceptors (Lipinski definition) is 2. The Hall–Kier alpha value is -5.55. The Morgan fingerprint density at radius 2 is 1.10 bits per heavy atom. The molecule has 0 radical (unpaired) electrons. The molecule has 0 N–H and O–H groups in total. The maximum atomic E-state index is 15.7. The van der Waals surface area contributed by atoms with Gasteiger partial charge in [0.05, 0.1) is 27.8 Å². The molecular weight excluding hydrogens is 743 g/mol. The fourth-order valence-electron chi connectivity index (χ4n) is 8.49. The normalized spacial score (nSPS) is 12.9. The first-order valence-corrected chi connectivity index (χ1v) is 21.4. The molecule has 0 aliphatic rings.